The maximum absolute atomic E-state index is 14.0. The number of benzene rings is 3. The van der Waals surface area contributed by atoms with Crippen LogP contribution in [0.5, 0.6) is 0 Å². The molecule has 5 nitrogen and oxygen atoms in total. The molecule has 1 heterocycles. The molecule has 4 rings (SSSR count). The van der Waals surface area contributed by atoms with E-state index in [0.29, 0.717) is 11.1 Å². The molecule has 156 valence electrons. The molecule has 6 heteroatoms. The van der Waals surface area contributed by atoms with Gasteiger partial charge in [0.1, 0.15) is 5.82 Å². The molecule has 0 radical (unpaired) electrons. The quantitative estimate of drug-likeness (QED) is 0.503. The van der Waals surface area contributed by atoms with Crippen LogP contribution in [0, 0.1) is 19.7 Å². The molecule has 0 bridgehead atoms. The fourth-order valence-corrected chi connectivity index (χ4v) is 3.86. The Balaban J connectivity index is 1.78. The maximum atomic E-state index is 14.0. The number of carbonyl (C=O) groups excluding carboxylic acids is 3. The van der Waals surface area contributed by atoms with Crippen molar-refractivity contribution in [3.05, 3.63) is 106 Å². The number of amides is 3. The Hall–Kier alpha value is -3.80. The van der Waals surface area contributed by atoms with E-state index >= 15 is 0 Å². The average molecular weight is 416 g/mol. The van der Waals surface area contributed by atoms with Gasteiger partial charge in [0.2, 0.25) is 0 Å². The van der Waals surface area contributed by atoms with Crippen molar-refractivity contribution in [1.82, 2.24) is 10.2 Å². The summed E-state index contributed by atoms with van der Waals surface area (Å²) in [5.74, 6) is -1.91. The molecule has 31 heavy (non-hydrogen) atoms. The minimum absolute atomic E-state index is 0.161. The van der Waals surface area contributed by atoms with Crippen LogP contribution in [0.3, 0.4) is 0 Å². The molecule has 1 saturated heterocycles. The molecule has 0 spiro atoms. The fraction of sp³-hybridized carbons (Fsp3) is 0.160. The SMILES string of the molecule is Cc1ccc([C@]2(c3ccccc3)NC(=O)N(CC(=O)c3ccccc3F)C2=O)cc1C. The van der Waals surface area contributed by atoms with E-state index in [0.717, 1.165) is 16.0 Å². The highest BCUT2D eigenvalue weighted by molar-refractivity contribution is 6.13. The van der Waals surface area contributed by atoms with Crippen LogP contribution in [0.1, 0.15) is 32.6 Å². The number of rotatable bonds is 5. The number of imide groups is 1. The Morgan fingerprint density at radius 3 is 2.26 bits per heavy atom. The molecule has 1 fully saturated rings. The lowest BCUT2D eigenvalue weighted by molar-refractivity contribution is -0.129. The third kappa shape index (κ3) is 3.40. The Morgan fingerprint density at radius 1 is 0.903 bits per heavy atom. The summed E-state index contributed by atoms with van der Waals surface area (Å²) in [7, 11) is 0. The molecule has 1 atom stereocenters. The number of nitrogens with one attached hydrogen (secondary N) is 1. The lowest BCUT2D eigenvalue weighted by Crippen LogP contribution is -2.45. The van der Waals surface area contributed by atoms with Gasteiger partial charge in [-0.05, 0) is 48.2 Å². The Morgan fingerprint density at radius 2 is 1.58 bits per heavy atom. The van der Waals surface area contributed by atoms with Gasteiger partial charge in [-0.1, -0.05) is 60.7 Å². The molecule has 3 aromatic rings. The fourth-order valence-electron chi connectivity index (χ4n) is 3.86. The third-order valence-electron chi connectivity index (χ3n) is 5.73. The summed E-state index contributed by atoms with van der Waals surface area (Å²) >= 11 is 0. The van der Waals surface area contributed by atoms with Crippen LogP contribution < -0.4 is 5.32 Å². The van der Waals surface area contributed by atoms with Crippen LogP contribution in [0.4, 0.5) is 9.18 Å². The van der Waals surface area contributed by atoms with Gasteiger partial charge in [0.15, 0.2) is 11.3 Å². The van der Waals surface area contributed by atoms with E-state index in [1.165, 1.54) is 24.3 Å². The van der Waals surface area contributed by atoms with Crippen molar-refractivity contribution in [2.45, 2.75) is 19.4 Å². The van der Waals surface area contributed by atoms with E-state index in [1.54, 1.807) is 30.3 Å². The highest BCUT2D eigenvalue weighted by atomic mass is 19.1. The number of ketones is 1. The number of aryl methyl sites for hydroxylation is 2. The van der Waals surface area contributed by atoms with E-state index < -0.39 is 35.6 Å². The van der Waals surface area contributed by atoms with Crippen molar-refractivity contribution in [1.29, 1.82) is 0 Å². The van der Waals surface area contributed by atoms with Crippen LogP contribution in [0.2, 0.25) is 0 Å². The monoisotopic (exact) mass is 416 g/mol. The summed E-state index contributed by atoms with van der Waals surface area (Å²) in [5.41, 5.74) is 1.57. The highest BCUT2D eigenvalue weighted by Crippen LogP contribution is 2.37. The zero-order valence-corrected chi connectivity index (χ0v) is 17.2. The van der Waals surface area contributed by atoms with Gasteiger partial charge in [0.25, 0.3) is 5.91 Å². The van der Waals surface area contributed by atoms with Crippen LogP contribution in [-0.4, -0.2) is 29.2 Å². The number of urea groups is 1. The smallest absolute Gasteiger partial charge is 0.315 e. The van der Waals surface area contributed by atoms with Crippen LogP contribution in [0.15, 0.2) is 72.8 Å². The van der Waals surface area contributed by atoms with Crippen molar-refractivity contribution in [3.63, 3.8) is 0 Å². The molecule has 1 aliphatic heterocycles. The van der Waals surface area contributed by atoms with E-state index in [1.807, 2.05) is 32.0 Å². The zero-order chi connectivity index (χ0) is 22.2. The summed E-state index contributed by atoms with van der Waals surface area (Å²) in [5, 5.41) is 2.81. The lowest BCUT2D eigenvalue weighted by Gasteiger charge is -2.28. The van der Waals surface area contributed by atoms with Gasteiger partial charge in [-0.3, -0.25) is 14.5 Å². The summed E-state index contributed by atoms with van der Waals surface area (Å²) in [4.78, 5) is 40.1. The molecule has 3 aromatic carbocycles. The maximum Gasteiger partial charge on any atom is 0.325 e. The van der Waals surface area contributed by atoms with Crippen molar-refractivity contribution >= 4 is 17.7 Å². The molecule has 0 saturated carbocycles. The van der Waals surface area contributed by atoms with Crippen LogP contribution >= 0.6 is 0 Å². The number of Topliss-reactive ketones (excluding diaryl/α,β-unsaturated/α-hetero) is 1. The second kappa shape index (κ2) is 7.80. The van der Waals surface area contributed by atoms with E-state index in [9.17, 15) is 18.8 Å². The normalized spacial score (nSPS) is 18.2. The van der Waals surface area contributed by atoms with E-state index in [4.69, 9.17) is 0 Å². The number of halogens is 1. The average Bonchev–Trinajstić information content (AvgIpc) is 3.02. The Bertz CT molecular complexity index is 1190. The predicted octanol–water partition coefficient (Wildman–Crippen LogP) is 4.12. The standard InChI is InChI=1S/C25H21FN2O3/c1-16-12-13-19(14-17(16)2)25(18-8-4-3-5-9-18)23(30)28(24(31)27-25)15-22(29)20-10-6-7-11-21(20)26/h3-14H,15H2,1-2H3,(H,27,31)/t25-/m0/s1. The number of hydrogen-bond acceptors (Lipinski definition) is 3. The van der Waals surface area contributed by atoms with Crippen LogP contribution in [0.25, 0.3) is 0 Å². The van der Waals surface area contributed by atoms with Gasteiger partial charge in [0, 0.05) is 0 Å². The minimum atomic E-state index is -1.47. The van der Waals surface area contributed by atoms with Crippen molar-refractivity contribution in [2.24, 2.45) is 0 Å². The highest BCUT2D eigenvalue weighted by Gasteiger charge is 2.54. The first-order valence-corrected chi connectivity index (χ1v) is 9.89. The molecule has 0 aromatic heterocycles. The summed E-state index contributed by atoms with van der Waals surface area (Å²) in [6.07, 6.45) is 0. The molecule has 1 N–H and O–H groups in total. The Labute approximate surface area is 179 Å². The number of hydrogen-bond donors (Lipinski definition) is 1. The van der Waals surface area contributed by atoms with Crippen molar-refractivity contribution < 1.29 is 18.8 Å². The van der Waals surface area contributed by atoms with Crippen molar-refractivity contribution in [3.8, 4) is 0 Å². The molecular weight excluding hydrogens is 395 g/mol. The van der Waals surface area contributed by atoms with E-state index in [-0.39, 0.29) is 5.56 Å². The number of carbonyl (C=O) groups is 3. The van der Waals surface area contributed by atoms with Gasteiger partial charge >= 0.3 is 6.03 Å². The van der Waals surface area contributed by atoms with Crippen LogP contribution in [-0.2, 0) is 10.3 Å². The molecule has 0 aliphatic carbocycles. The van der Waals surface area contributed by atoms with Gasteiger partial charge < -0.3 is 5.32 Å². The zero-order valence-electron chi connectivity index (χ0n) is 17.2. The summed E-state index contributed by atoms with van der Waals surface area (Å²) in [6.45, 7) is 3.34. The molecule has 1 aliphatic rings. The summed E-state index contributed by atoms with van der Waals surface area (Å²) < 4.78 is 14.0. The van der Waals surface area contributed by atoms with E-state index in [2.05, 4.69) is 5.32 Å². The second-order valence-corrected chi connectivity index (χ2v) is 7.64. The Kier molecular flexibility index (Phi) is 5.15. The molecule has 3 amide bonds. The van der Waals surface area contributed by atoms with Gasteiger partial charge in [-0.15, -0.1) is 0 Å². The van der Waals surface area contributed by atoms with Crippen molar-refractivity contribution in [2.75, 3.05) is 6.54 Å². The second-order valence-electron chi connectivity index (χ2n) is 7.64. The van der Waals surface area contributed by atoms with Gasteiger partial charge in [-0.25, -0.2) is 9.18 Å². The topological polar surface area (TPSA) is 66.5 Å². The first kappa shape index (κ1) is 20.5. The first-order chi connectivity index (χ1) is 14.8. The third-order valence-corrected chi connectivity index (χ3v) is 5.73. The first-order valence-electron chi connectivity index (χ1n) is 9.89. The van der Waals surface area contributed by atoms with Gasteiger partial charge in [-0.2, -0.15) is 0 Å². The molecular formula is C25H21FN2O3. The predicted molar refractivity (Wildman–Crippen MR) is 114 cm³/mol. The lowest BCUT2D eigenvalue weighted by atomic mass is 9.81. The number of nitrogens with zero attached hydrogens (tertiary/aromatic N) is 1. The van der Waals surface area contributed by atoms with Gasteiger partial charge in [0.05, 0.1) is 12.1 Å². The largest absolute Gasteiger partial charge is 0.325 e. The molecule has 0 unspecified atom stereocenters. The summed E-state index contributed by atoms with van der Waals surface area (Å²) in [6, 6.07) is 19.3. The minimum Gasteiger partial charge on any atom is -0.315 e.